The van der Waals surface area contributed by atoms with Gasteiger partial charge in [-0.3, -0.25) is 9.69 Å². The van der Waals surface area contributed by atoms with Crippen molar-refractivity contribution >= 4 is 34.3 Å². The Morgan fingerprint density at radius 1 is 0.829 bits per heavy atom. The van der Waals surface area contributed by atoms with E-state index < -0.39 is 12.6 Å². The first-order valence-electron chi connectivity index (χ1n) is 11.3. The third-order valence-corrected chi connectivity index (χ3v) is 5.65. The SMILES string of the molecule is Cc1ccc(-c2nc3ccc(C(=O)OCC(=O)N(c4ccccc4)c4ccccc4)cc3[nH]2)cc1. The standard InChI is InChI=1S/C29H23N3O3/c1-20-12-14-21(15-13-20)28-30-25-17-16-22(18-26(25)31-28)29(34)35-19-27(33)32(23-8-4-2-5-9-23)24-10-6-3-7-11-24/h2-18H,19H2,1H3,(H,30,31). The van der Waals surface area contributed by atoms with E-state index in [0.717, 1.165) is 22.4 Å². The molecule has 6 nitrogen and oxygen atoms in total. The number of aromatic nitrogens is 2. The van der Waals surface area contributed by atoms with E-state index in [0.29, 0.717) is 16.9 Å². The zero-order valence-electron chi connectivity index (χ0n) is 19.1. The van der Waals surface area contributed by atoms with Crippen molar-refractivity contribution < 1.29 is 14.3 Å². The van der Waals surface area contributed by atoms with E-state index in [2.05, 4.69) is 9.97 Å². The average Bonchev–Trinajstić information content (AvgIpc) is 3.32. The number of hydrogen-bond acceptors (Lipinski definition) is 4. The van der Waals surface area contributed by atoms with E-state index in [1.54, 1.807) is 23.1 Å². The fourth-order valence-electron chi connectivity index (χ4n) is 3.85. The van der Waals surface area contributed by atoms with Gasteiger partial charge in [0.15, 0.2) is 6.61 Å². The van der Waals surface area contributed by atoms with E-state index in [1.165, 1.54) is 5.56 Å². The predicted octanol–water partition coefficient (Wildman–Crippen LogP) is 6.06. The number of esters is 1. The van der Waals surface area contributed by atoms with E-state index in [-0.39, 0.29) is 5.91 Å². The topological polar surface area (TPSA) is 75.3 Å². The minimum atomic E-state index is -0.576. The van der Waals surface area contributed by atoms with Crippen molar-refractivity contribution in [1.82, 2.24) is 9.97 Å². The number of amides is 1. The van der Waals surface area contributed by atoms with Gasteiger partial charge in [-0.2, -0.15) is 0 Å². The van der Waals surface area contributed by atoms with Crippen molar-refractivity contribution in [3.8, 4) is 11.4 Å². The number of ether oxygens (including phenoxy) is 1. The van der Waals surface area contributed by atoms with Gasteiger partial charge in [0.1, 0.15) is 5.82 Å². The molecule has 0 radical (unpaired) electrons. The molecule has 0 spiro atoms. The number of para-hydroxylation sites is 2. The number of hydrogen-bond donors (Lipinski definition) is 1. The lowest BCUT2D eigenvalue weighted by Crippen LogP contribution is -2.30. The number of H-pyrrole nitrogens is 1. The summed E-state index contributed by atoms with van der Waals surface area (Å²) >= 11 is 0. The largest absolute Gasteiger partial charge is 0.452 e. The number of rotatable bonds is 6. The maximum Gasteiger partial charge on any atom is 0.338 e. The quantitative estimate of drug-likeness (QED) is 0.312. The van der Waals surface area contributed by atoms with Crippen LogP contribution in [0, 0.1) is 6.92 Å². The summed E-state index contributed by atoms with van der Waals surface area (Å²) in [5, 5.41) is 0. The number of nitrogens with one attached hydrogen (secondary N) is 1. The Kier molecular flexibility index (Phi) is 6.09. The van der Waals surface area contributed by atoms with Crippen molar-refractivity contribution in [3.63, 3.8) is 0 Å². The van der Waals surface area contributed by atoms with Crippen LogP contribution in [-0.2, 0) is 9.53 Å². The van der Waals surface area contributed by atoms with Crippen LogP contribution in [0.3, 0.4) is 0 Å². The van der Waals surface area contributed by atoms with E-state index in [9.17, 15) is 9.59 Å². The Balaban J connectivity index is 1.33. The molecule has 6 heteroatoms. The number of benzene rings is 4. The van der Waals surface area contributed by atoms with Crippen LogP contribution in [0.4, 0.5) is 11.4 Å². The number of fused-ring (bicyclic) bond motifs is 1. The molecule has 5 rings (SSSR count). The van der Waals surface area contributed by atoms with Gasteiger partial charge < -0.3 is 9.72 Å². The summed E-state index contributed by atoms with van der Waals surface area (Å²) in [6.45, 7) is 1.64. The minimum absolute atomic E-state index is 0.343. The highest BCUT2D eigenvalue weighted by atomic mass is 16.5. The molecule has 1 N–H and O–H groups in total. The third kappa shape index (κ3) is 4.82. The zero-order valence-corrected chi connectivity index (χ0v) is 19.1. The van der Waals surface area contributed by atoms with E-state index in [4.69, 9.17) is 4.74 Å². The average molecular weight is 462 g/mol. The molecule has 0 unspecified atom stereocenters. The van der Waals surface area contributed by atoms with Gasteiger partial charge in [-0.1, -0.05) is 66.2 Å². The predicted molar refractivity (Wildman–Crippen MR) is 137 cm³/mol. The van der Waals surface area contributed by atoms with Gasteiger partial charge in [0.2, 0.25) is 0 Å². The molecule has 0 aliphatic carbocycles. The lowest BCUT2D eigenvalue weighted by atomic mass is 10.1. The number of aromatic amines is 1. The summed E-state index contributed by atoms with van der Waals surface area (Å²) in [5.41, 5.74) is 5.33. The second-order valence-electron chi connectivity index (χ2n) is 8.16. The van der Waals surface area contributed by atoms with Gasteiger partial charge in [-0.05, 0) is 49.4 Å². The van der Waals surface area contributed by atoms with E-state index >= 15 is 0 Å². The summed E-state index contributed by atoms with van der Waals surface area (Å²) in [4.78, 5) is 35.3. The second-order valence-corrected chi connectivity index (χ2v) is 8.16. The number of carbonyl (C=O) groups is 2. The first kappa shape index (κ1) is 22.1. The Morgan fingerprint density at radius 2 is 1.46 bits per heavy atom. The monoisotopic (exact) mass is 461 g/mol. The van der Waals surface area contributed by atoms with E-state index in [1.807, 2.05) is 91.9 Å². The van der Waals surface area contributed by atoms with Gasteiger partial charge in [0.05, 0.1) is 16.6 Å². The molecule has 0 atom stereocenters. The molecule has 4 aromatic carbocycles. The molecule has 0 aliphatic rings. The molecule has 1 amide bonds. The molecule has 0 saturated heterocycles. The van der Waals surface area contributed by atoms with Crippen LogP contribution < -0.4 is 4.90 Å². The van der Waals surface area contributed by atoms with Crippen molar-refractivity contribution in [3.05, 3.63) is 114 Å². The molecule has 0 fully saturated rings. The Labute approximate surface area is 202 Å². The fraction of sp³-hybridized carbons (Fsp3) is 0.0690. The molecular weight excluding hydrogens is 438 g/mol. The maximum absolute atomic E-state index is 13.1. The lowest BCUT2D eigenvalue weighted by molar-refractivity contribution is -0.120. The van der Waals surface area contributed by atoms with Crippen LogP contribution >= 0.6 is 0 Å². The molecule has 1 aromatic heterocycles. The van der Waals surface area contributed by atoms with Crippen molar-refractivity contribution in [2.24, 2.45) is 0 Å². The Bertz CT molecular complexity index is 1440. The highest BCUT2D eigenvalue weighted by Gasteiger charge is 2.20. The number of imidazole rings is 1. The second kappa shape index (κ2) is 9.65. The highest BCUT2D eigenvalue weighted by molar-refractivity contribution is 6.03. The minimum Gasteiger partial charge on any atom is -0.452 e. The van der Waals surface area contributed by atoms with Gasteiger partial charge in [0, 0.05) is 16.9 Å². The number of nitrogens with zero attached hydrogens (tertiary/aromatic N) is 2. The first-order valence-corrected chi connectivity index (χ1v) is 11.3. The molecule has 0 aliphatic heterocycles. The molecule has 0 bridgehead atoms. The molecular formula is C29H23N3O3. The van der Waals surface area contributed by atoms with Gasteiger partial charge in [0.25, 0.3) is 5.91 Å². The van der Waals surface area contributed by atoms with Crippen LogP contribution in [0.15, 0.2) is 103 Å². The smallest absolute Gasteiger partial charge is 0.338 e. The van der Waals surface area contributed by atoms with Gasteiger partial charge in [-0.25, -0.2) is 9.78 Å². The molecule has 0 saturated carbocycles. The van der Waals surface area contributed by atoms with Crippen molar-refractivity contribution in [2.75, 3.05) is 11.5 Å². The number of anilines is 2. The number of aryl methyl sites for hydroxylation is 1. The highest BCUT2D eigenvalue weighted by Crippen LogP contribution is 2.26. The van der Waals surface area contributed by atoms with Crippen LogP contribution in [0.1, 0.15) is 15.9 Å². The summed E-state index contributed by atoms with van der Waals surface area (Å²) in [6.07, 6.45) is 0. The molecule has 1 heterocycles. The van der Waals surface area contributed by atoms with Gasteiger partial charge in [-0.15, -0.1) is 0 Å². The summed E-state index contributed by atoms with van der Waals surface area (Å²) in [6, 6.07) is 31.7. The zero-order chi connectivity index (χ0) is 24.2. The third-order valence-electron chi connectivity index (χ3n) is 5.65. The van der Waals surface area contributed by atoms with Crippen LogP contribution in [-0.4, -0.2) is 28.5 Å². The summed E-state index contributed by atoms with van der Waals surface area (Å²) in [5.74, 6) is -0.199. The van der Waals surface area contributed by atoms with Crippen molar-refractivity contribution in [2.45, 2.75) is 6.92 Å². The molecule has 35 heavy (non-hydrogen) atoms. The lowest BCUT2D eigenvalue weighted by Gasteiger charge is -2.22. The fourth-order valence-corrected chi connectivity index (χ4v) is 3.85. The van der Waals surface area contributed by atoms with Crippen LogP contribution in [0.5, 0.6) is 0 Å². The van der Waals surface area contributed by atoms with Crippen LogP contribution in [0.2, 0.25) is 0 Å². The summed E-state index contributed by atoms with van der Waals surface area (Å²) < 4.78 is 5.40. The molecule has 172 valence electrons. The van der Waals surface area contributed by atoms with Crippen LogP contribution in [0.25, 0.3) is 22.4 Å². The Hall–Kier alpha value is -4.71. The molecule has 5 aromatic rings. The Morgan fingerprint density at radius 3 is 2.09 bits per heavy atom. The van der Waals surface area contributed by atoms with Gasteiger partial charge >= 0.3 is 5.97 Å². The first-order chi connectivity index (χ1) is 17.1. The normalized spacial score (nSPS) is 10.8. The summed E-state index contributed by atoms with van der Waals surface area (Å²) in [7, 11) is 0. The maximum atomic E-state index is 13.1. The van der Waals surface area contributed by atoms with Crippen molar-refractivity contribution in [1.29, 1.82) is 0 Å². The number of carbonyl (C=O) groups excluding carboxylic acids is 2.